The molecule has 1 saturated heterocycles. The van der Waals surface area contributed by atoms with E-state index in [-0.39, 0.29) is 5.91 Å². The van der Waals surface area contributed by atoms with Crippen molar-refractivity contribution in [3.05, 3.63) is 70.6 Å². The van der Waals surface area contributed by atoms with Gasteiger partial charge in [-0.3, -0.25) is 14.6 Å². The predicted octanol–water partition coefficient (Wildman–Crippen LogP) is 4.22. The highest BCUT2D eigenvalue weighted by molar-refractivity contribution is 7.80. The fourth-order valence-corrected chi connectivity index (χ4v) is 3.42. The molecule has 1 aliphatic rings. The van der Waals surface area contributed by atoms with Crippen molar-refractivity contribution in [2.75, 3.05) is 11.4 Å². The lowest BCUT2D eigenvalue weighted by molar-refractivity contribution is -0.121. The molecule has 2 heterocycles. The molecule has 23 heavy (non-hydrogen) atoms. The van der Waals surface area contributed by atoms with Gasteiger partial charge in [0, 0.05) is 17.1 Å². The maximum Gasteiger partial charge on any atom is 0.277 e. The van der Waals surface area contributed by atoms with Gasteiger partial charge in [-0.2, -0.15) is 0 Å². The predicted molar refractivity (Wildman–Crippen MR) is 100 cm³/mol. The van der Waals surface area contributed by atoms with E-state index in [1.54, 1.807) is 22.3 Å². The van der Waals surface area contributed by atoms with Crippen LogP contribution in [0.1, 0.15) is 10.4 Å². The molecule has 3 rings (SSSR count). The zero-order valence-electron chi connectivity index (χ0n) is 12.7. The number of nitrogens with zero attached hydrogens (tertiary/aromatic N) is 2. The molecule has 0 bridgehead atoms. The Kier molecular flexibility index (Phi) is 4.41. The molecule has 2 aromatic rings. The van der Waals surface area contributed by atoms with Gasteiger partial charge in [0.1, 0.15) is 5.70 Å². The number of amides is 1. The molecule has 0 aliphatic carbocycles. The van der Waals surface area contributed by atoms with Crippen LogP contribution >= 0.6 is 23.6 Å². The Balaban J connectivity index is 2.08. The number of thiocarbonyl (C=S) groups is 1. The lowest BCUT2D eigenvalue weighted by Gasteiger charge is -2.19. The molecule has 1 fully saturated rings. The molecule has 1 aromatic carbocycles. The summed E-state index contributed by atoms with van der Waals surface area (Å²) in [6.45, 7) is 6.15. The largest absolute Gasteiger partial charge is 0.282 e. The molecule has 0 radical (unpaired) electrons. The van der Waals surface area contributed by atoms with Crippen LogP contribution in [0.2, 0.25) is 0 Å². The van der Waals surface area contributed by atoms with E-state index >= 15 is 0 Å². The summed E-state index contributed by atoms with van der Waals surface area (Å²) in [5.41, 5.74) is 2.63. The lowest BCUT2D eigenvalue weighted by Crippen LogP contribution is -2.32. The molecule has 0 spiro atoms. The summed E-state index contributed by atoms with van der Waals surface area (Å²) in [5.74, 6) is -0.0936. The SMILES string of the molecule is C=CCN1C(=O)/C(=C\c2cccs2)N(c2ccc(C)cc2)C1=S. The van der Waals surface area contributed by atoms with E-state index in [0.29, 0.717) is 17.4 Å². The second kappa shape index (κ2) is 6.48. The molecular formula is C18H16N2OS2. The Hall–Kier alpha value is -2.24. The van der Waals surface area contributed by atoms with Gasteiger partial charge in [0.2, 0.25) is 0 Å². The maximum atomic E-state index is 12.8. The average Bonchev–Trinajstić information content (AvgIpc) is 3.12. The summed E-state index contributed by atoms with van der Waals surface area (Å²) >= 11 is 7.13. The van der Waals surface area contributed by atoms with Crippen molar-refractivity contribution in [2.45, 2.75) is 6.92 Å². The molecular weight excluding hydrogens is 324 g/mol. The third-order valence-corrected chi connectivity index (χ3v) is 4.78. The second-order valence-corrected chi connectivity index (χ2v) is 6.55. The number of benzene rings is 1. The van der Waals surface area contributed by atoms with E-state index in [1.165, 1.54) is 0 Å². The van der Waals surface area contributed by atoms with Crippen molar-refractivity contribution in [1.29, 1.82) is 0 Å². The molecule has 3 nitrogen and oxygen atoms in total. The fourth-order valence-electron chi connectivity index (χ4n) is 2.41. The summed E-state index contributed by atoms with van der Waals surface area (Å²) in [6.07, 6.45) is 3.58. The van der Waals surface area contributed by atoms with Crippen LogP contribution in [0, 0.1) is 6.92 Å². The van der Waals surface area contributed by atoms with Crippen molar-refractivity contribution in [3.8, 4) is 0 Å². The zero-order chi connectivity index (χ0) is 16.4. The van der Waals surface area contributed by atoms with Crippen LogP contribution in [-0.4, -0.2) is 22.5 Å². The van der Waals surface area contributed by atoms with Gasteiger partial charge in [-0.05, 0) is 48.8 Å². The van der Waals surface area contributed by atoms with Gasteiger partial charge in [-0.1, -0.05) is 29.8 Å². The summed E-state index contributed by atoms with van der Waals surface area (Å²) in [5, 5.41) is 2.48. The molecule has 1 aliphatic heterocycles. The summed E-state index contributed by atoms with van der Waals surface area (Å²) < 4.78 is 0. The van der Waals surface area contributed by atoms with Crippen LogP contribution < -0.4 is 4.90 Å². The number of aryl methyl sites for hydroxylation is 1. The molecule has 1 amide bonds. The van der Waals surface area contributed by atoms with Crippen molar-refractivity contribution < 1.29 is 4.79 Å². The minimum atomic E-state index is -0.0936. The first-order valence-corrected chi connectivity index (χ1v) is 8.49. The first-order valence-electron chi connectivity index (χ1n) is 7.20. The molecule has 5 heteroatoms. The molecule has 116 valence electrons. The number of rotatable bonds is 4. The first-order chi connectivity index (χ1) is 11.1. The lowest BCUT2D eigenvalue weighted by atomic mass is 10.2. The van der Waals surface area contributed by atoms with Crippen LogP contribution in [-0.2, 0) is 4.79 Å². The average molecular weight is 340 g/mol. The maximum absolute atomic E-state index is 12.8. The van der Waals surface area contributed by atoms with Crippen molar-refractivity contribution in [3.63, 3.8) is 0 Å². The van der Waals surface area contributed by atoms with Crippen LogP contribution in [0.4, 0.5) is 5.69 Å². The highest BCUT2D eigenvalue weighted by Gasteiger charge is 2.38. The quantitative estimate of drug-likeness (QED) is 0.473. The standard InChI is InChI=1S/C18H16N2OS2/c1-3-10-19-17(21)16(12-15-5-4-11-23-15)20(18(19)22)14-8-6-13(2)7-9-14/h3-9,11-12H,1,10H2,2H3/b16-12+. The van der Waals surface area contributed by atoms with Crippen LogP contribution in [0.15, 0.2) is 60.1 Å². The number of carbonyl (C=O) groups excluding carboxylic acids is 1. The van der Waals surface area contributed by atoms with Gasteiger partial charge in [0.05, 0.1) is 0 Å². The molecule has 0 unspecified atom stereocenters. The third kappa shape index (κ3) is 2.98. The zero-order valence-corrected chi connectivity index (χ0v) is 14.4. The van der Waals surface area contributed by atoms with E-state index in [4.69, 9.17) is 12.2 Å². The van der Waals surface area contributed by atoms with Gasteiger partial charge in [0.15, 0.2) is 5.11 Å². The number of hydrogen-bond acceptors (Lipinski definition) is 3. The highest BCUT2D eigenvalue weighted by atomic mass is 32.1. The van der Waals surface area contributed by atoms with E-state index in [1.807, 2.05) is 59.7 Å². The van der Waals surface area contributed by atoms with Gasteiger partial charge in [0.25, 0.3) is 5.91 Å². The number of hydrogen-bond donors (Lipinski definition) is 0. The Labute approximate surface area is 145 Å². The minimum Gasteiger partial charge on any atom is -0.282 e. The van der Waals surface area contributed by atoms with Crippen LogP contribution in [0.25, 0.3) is 6.08 Å². The highest BCUT2D eigenvalue weighted by Crippen LogP contribution is 2.31. The monoisotopic (exact) mass is 340 g/mol. The fraction of sp³-hybridized carbons (Fsp3) is 0.111. The minimum absolute atomic E-state index is 0.0936. The number of thiophene rings is 1. The Morgan fingerprint density at radius 2 is 2.00 bits per heavy atom. The van der Waals surface area contributed by atoms with E-state index in [0.717, 1.165) is 16.1 Å². The number of carbonyl (C=O) groups is 1. The van der Waals surface area contributed by atoms with Crippen molar-refractivity contribution in [2.24, 2.45) is 0 Å². The summed E-state index contributed by atoms with van der Waals surface area (Å²) in [4.78, 5) is 17.2. The first kappa shape index (κ1) is 15.6. The van der Waals surface area contributed by atoms with Gasteiger partial charge >= 0.3 is 0 Å². The van der Waals surface area contributed by atoms with Gasteiger partial charge < -0.3 is 0 Å². The topological polar surface area (TPSA) is 23.6 Å². The Morgan fingerprint density at radius 3 is 2.61 bits per heavy atom. The van der Waals surface area contributed by atoms with Gasteiger partial charge in [-0.25, -0.2) is 0 Å². The molecule has 0 N–H and O–H groups in total. The van der Waals surface area contributed by atoms with Crippen LogP contribution in [0.5, 0.6) is 0 Å². The molecule has 1 aromatic heterocycles. The molecule has 0 saturated carbocycles. The van der Waals surface area contributed by atoms with E-state index in [9.17, 15) is 4.79 Å². The number of anilines is 1. The summed E-state index contributed by atoms with van der Waals surface area (Å²) in [7, 11) is 0. The van der Waals surface area contributed by atoms with E-state index < -0.39 is 0 Å². The van der Waals surface area contributed by atoms with Crippen molar-refractivity contribution >= 4 is 46.3 Å². The third-order valence-electron chi connectivity index (χ3n) is 3.55. The summed E-state index contributed by atoms with van der Waals surface area (Å²) in [6, 6.07) is 11.9. The van der Waals surface area contributed by atoms with Crippen LogP contribution in [0.3, 0.4) is 0 Å². The smallest absolute Gasteiger partial charge is 0.277 e. The Bertz CT molecular complexity index is 776. The van der Waals surface area contributed by atoms with Crippen molar-refractivity contribution in [1.82, 2.24) is 4.90 Å². The Morgan fingerprint density at radius 1 is 1.26 bits per heavy atom. The molecule has 0 atom stereocenters. The normalized spacial score (nSPS) is 16.5. The second-order valence-electron chi connectivity index (χ2n) is 5.20. The van der Waals surface area contributed by atoms with Gasteiger partial charge in [-0.15, -0.1) is 17.9 Å². The van der Waals surface area contributed by atoms with E-state index in [2.05, 4.69) is 6.58 Å².